The number of hydrogen-bond acceptors (Lipinski definition) is 5. The zero-order valence-corrected chi connectivity index (χ0v) is 9.01. The van der Waals surface area contributed by atoms with E-state index in [0.29, 0.717) is 0 Å². The van der Waals surface area contributed by atoms with Crippen molar-refractivity contribution in [2.24, 2.45) is 7.05 Å². The van der Waals surface area contributed by atoms with Gasteiger partial charge in [0.2, 0.25) is 5.82 Å². The Kier molecular flexibility index (Phi) is 2.55. The molecule has 0 saturated heterocycles. The molecule has 16 heavy (non-hydrogen) atoms. The number of hydrogen-bond donors (Lipinski definition) is 2. The monoisotopic (exact) mass is 226 g/mol. The summed E-state index contributed by atoms with van der Waals surface area (Å²) in [4.78, 5) is 10.3. The number of aliphatic hydroxyl groups excluding tert-OH is 1. The summed E-state index contributed by atoms with van der Waals surface area (Å²) in [5.41, 5.74) is -0.471. The minimum absolute atomic E-state index is 0.0271. The van der Waals surface area contributed by atoms with Gasteiger partial charge < -0.3 is 10.4 Å². The van der Waals surface area contributed by atoms with E-state index in [4.69, 9.17) is 0 Å². The molecule has 1 fully saturated rings. The van der Waals surface area contributed by atoms with Crippen molar-refractivity contribution >= 4 is 11.5 Å². The quantitative estimate of drug-likeness (QED) is 0.581. The van der Waals surface area contributed by atoms with Crippen LogP contribution in [0.1, 0.15) is 19.3 Å². The van der Waals surface area contributed by atoms with Crippen LogP contribution in [0.5, 0.6) is 0 Å². The molecule has 0 amide bonds. The van der Waals surface area contributed by atoms with E-state index in [1.165, 1.54) is 10.9 Å². The molecule has 0 aromatic carbocycles. The molecule has 0 radical (unpaired) electrons. The number of anilines is 1. The summed E-state index contributed by atoms with van der Waals surface area (Å²) in [6, 6.07) is 0. The van der Waals surface area contributed by atoms with Gasteiger partial charge in [-0.2, -0.15) is 0 Å². The molecule has 1 aliphatic carbocycles. The average Bonchev–Trinajstić information content (AvgIpc) is 2.53. The number of rotatable bonds is 4. The first-order chi connectivity index (χ1) is 7.56. The maximum Gasteiger partial charge on any atom is 0.330 e. The Morgan fingerprint density at radius 1 is 1.75 bits per heavy atom. The van der Waals surface area contributed by atoms with Crippen molar-refractivity contribution in [1.29, 1.82) is 0 Å². The molecule has 88 valence electrons. The zero-order valence-electron chi connectivity index (χ0n) is 9.01. The van der Waals surface area contributed by atoms with Gasteiger partial charge in [-0.1, -0.05) is 0 Å². The van der Waals surface area contributed by atoms with E-state index >= 15 is 0 Å². The summed E-state index contributed by atoms with van der Waals surface area (Å²) in [7, 11) is 1.63. The molecule has 0 unspecified atom stereocenters. The zero-order chi connectivity index (χ0) is 11.8. The second-order valence-electron chi connectivity index (χ2n) is 4.21. The van der Waals surface area contributed by atoms with Gasteiger partial charge in [-0.25, -0.2) is 0 Å². The van der Waals surface area contributed by atoms with E-state index in [1.54, 1.807) is 7.05 Å². The Bertz CT molecular complexity index is 405. The lowest BCUT2D eigenvalue weighted by Gasteiger charge is -2.40. The second kappa shape index (κ2) is 3.75. The molecule has 1 aromatic heterocycles. The van der Waals surface area contributed by atoms with Crippen molar-refractivity contribution in [2.45, 2.75) is 24.8 Å². The lowest BCUT2D eigenvalue weighted by atomic mass is 9.77. The molecule has 0 aliphatic heterocycles. The van der Waals surface area contributed by atoms with Crippen LogP contribution in [0.3, 0.4) is 0 Å². The summed E-state index contributed by atoms with van der Waals surface area (Å²) in [6.07, 6.45) is 4.01. The Balaban J connectivity index is 2.23. The number of nitrogens with zero attached hydrogens (tertiary/aromatic N) is 3. The number of aliphatic hydroxyl groups is 1. The fourth-order valence-corrected chi connectivity index (χ4v) is 1.88. The first-order valence-electron chi connectivity index (χ1n) is 5.13. The summed E-state index contributed by atoms with van der Waals surface area (Å²) in [5, 5.41) is 27.0. The molecule has 1 aromatic rings. The lowest BCUT2D eigenvalue weighted by molar-refractivity contribution is -0.384. The van der Waals surface area contributed by atoms with Crippen LogP contribution in [0, 0.1) is 10.1 Å². The number of nitro groups is 1. The maximum absolute atomic E-state index is 10.8. The number of aryl methyl sites for hydroxylation is 1. The van der Waals surface area contributed by atoms with Crippen LogP contribution < -0.4 is 5.32 Å². The lowest BCUT2D eigenvalue weighted by Crippen LogP contribution is -2.48. The SMILES string of the molecule is Cn1cc([N+](=O)[O-])c(NC2(CO)CCC2)n1. The third-order valence-electron chi connectivity index (χ3n) is 3.00. The fraction of sp³-hybridized carbons (Fsp3) is 0.667. The molecular formula is C9H14N4O3. The Morgan fingerprint density at radius 3 is 2.88 bits per heavy atom. The van der Waals surface area contributed by atoms with Crippen molar-refractivity contribution in [1.82, 2.24) is 9.78 Å². The van der Waals surface area contributed by atoms with Crippen LogP contribution in [0.15, 0.2) is 6.20 Å². The van der Waals surface area contributed by atoms with Gasteiger partial charge in [0.1, 0.15) is 6.20 Å². The van der Waals surface area contributed by atoms with Gasteiger partial charge in [0.15, 0.2) is 0 Å². The minimum atomic E-state index is -0.473. The highest BCUT2D eigenvalue weighted by molar-refractivity contribution is 5.56. The highest BCUT2D eigenvalue weighted by Crippen LogP contribution is 2.36. The van der Waals surface area contributed by atoms with Crippen LogP contribution >= 0.6 is 0 Å². The summed E-state index contributed by atoms with van der Waals surface area (Å²) in [5.74, 6) is 0.237. The van der Waals surface area contributed by atoms with Gasteiger partial charge in [-0.3, -0.25) is 14.8 Å². The van der Waals surface area contributed by atoms with Gasteiger partial charge >= 0.3 is 5.69 Å². The highest BCUT2D eigenvalue weighted by Gasteiger charge is 2.38. The van der Waals surface area contributed by atoms with E-state index in [-0.39, 0.29) is 18.1 Å². The first-order valence-corrected chi connectivity index (χ1v) is 5.13. The van der Waals surface area contributed by atoms with Crippen molar-refractivity contribution < 1.29 is 10.0 Å². The van der Waals surface area contributed by atoms with Gasteiger partial charge in [-0.15, -0.1) is 5.10 Å². The van der Waals surface area contributed by atoms with Gasteiger partial charge in [0.05, 0.1) is 17.1 Å². The van der Waals surface area contributed by atoms with E-state index in [1.807, 2.05) is 0 Å². The van der Waals surface area contributed by atoms with Crippen LogP contribution in [0.2, 0.25) is 0 Å². The van der Waals surface area contributed by atoms with E-state index in [2.05, 4.69) is 10.4 Å². The summed E-state index contributed by atoms with van der Waals surface area (Å²) >= 11 is 0. The molecule has 2 N–H and O–H groups in total. The van der Waals surface area contributed by atoms with Gasteiger partial charge in [0, 0.05) is 7.05 Å². The summed E-state index contributed by atoms with van der Waals surface area (Å²) < 4.78 is 1.39. The molecule has 1 aliphatic rings. The predicted octanol–water partition coefficient (Wildman–Crippen LogP) is 0.655. The maximum atomic E-state index is 10.8. The van der Waals surface area contributed by atoms with Crippen LogP contribution in [0.4, 0.5) is 11.5 Å². The van der Waals surface area contributed by atoms with Gasteiger partial charge in [0.25, 0.3) is 0 Å². The molecule has 0 spiro atoms. The number of nitrogens with one attached hydrogen (secondary N) is 1. The largest absolute Gasteiger partial charge is 0.394 e. The van der Waals surface area contributed by atoms with E-state index in [0.717, 1.165) is 19.3 Å². The van der Waals surface area contributed by atoms with Crippen molar-refractivity contribution in [3.8, 4) is 0 Å². The molecule has 1 heterocycles. The molecule has 1 saturated carbocycles. The molecule has 7 nitrogen and oxygen atoms in total. The Hall–Kier alpha value is -1.63. The summed E-state index contributed by atoms with van der Waals surface area (Å²) in [6.45, 7) is -0.0271. The number of aromatic nitrogens is 2. The second-order valence-corrected chi connectivity index (χ2v) is 4.21. The van der Waals surface area contributed by atoms with Crippen molar-refractivity contribution in [3.63, 3.8) is 0 Å². The van der Waals surface area contributed by atoms with Crippen molar-refractivity contribution in [2.75, 3.05) is 11.9 Å². The third-order valence-corrected chi connectivity index (χ3v) is 3.00. The van der Waals surface area contributed by atoms with E-state index in [9.17, 15) is 15.2 Å². The Morgan fingerprint density at radius 2 is 2.44 bits per heavy atom. The average molecular weight is 226 g/mol. The molecule has 2 rings (SSSR count). The predicted molar refractivity (Wildman–Crippen MR) is 57.2 cm³/mol. The van der Waals surface area contributed by atoms with E-state index < -0.39 is 10.5 Å². The molecular weight excluding hydrogens is 212 g/mol. The molecule has 0 bridgehead atoms. The normalized spacial score (nSPS) is 17.9. The Labute approximate surface area is 92.2 Å². The van der Waals surface area contributed by atoms with Crippen LogP contribution in [-0.2, 0) is 7.05 Å². The topological polar surface area (TPSA) is 93.2 Å². The van der Waals surface area contributed by atoms with Crippen LogP contribution in [-0.4, -0.2) is 32.0 Å². The standard InChI is InChI=1S/C9H14N4O3/c1-12-5-7(13(15)16)8(11-12)10-9(6-14)3-2-4-9/h5,14H,2-4,6H2,1H3,(H,10,11). The first kappa shape index (κ1) is 10.9. The molecule has 7 heteroatoms. The minimum Gasteiger partial charge on any atom is -0.394 e. The highest BCUT2D eigenvalue weighted by atomic mass is 16.6. The van der Waals surface area contributed by atoms with Gasteiger partial charge in [-0.05, 0) is 19.3 Å². The van der Waals surface area contributed by atoms with Crippen molar-refractivity contribution in [3.05, 3.63) is 16.3 Å². The fourth-order valence-electron chi connectivity index (χ4n) is 1.88. The third kappa shape index (κ3) is 1.73. The van der Waals surface area contributed by atoms with Crippen LogP contribution in [0.25, 0.3) is 0 Å². The molecule has 0 atom stereocenters. The smallest absolute Gasteiger partial charge is 0.330 e.